The molecule has 2 rings (SSSR count). The Labute approximate surface area is 132 Å². The summed E-state index contributed by atoms with van der Waals surface area (Å²) in [5.74, 6) is -0.188. The van der Waals surface area contributed by atoms with Crippen molar-refractivity contribution in [3.63, 3.8) is 0 Å². The molecule has 0 radical (unpaired) electrons. The minimum atomic E-state index is -0.248. The second kappa shape index (κ2) is 5.81. The van der Waals surface area contributed by atoms with E-state index in [4.69, 9.17) is 11.6 Å². The largest absolute Gasteiger partial charge is 0.207 e. The van der Waals surface area contributed by atoms with Gasteiger partial charge in [-0.25, -0.2) is 4.39 Å². The van der Waals surface area contributed by atoms with Gasteiger partial charge in [0.05, 0.1) is 5.38 Å². The van der Waals surface area contributed by atoms with Crippen LogP contribution in [0, 0.1) is 47.4 Å². The van der Waals surface area contributed by atoms with E-state index in [1.807, 2.05) is 6.07 Å². The van der Waals surface area contributed by atoms with Gasteiger partial charge in [0.15, 0.2) is 0 Å². The van der Waals surface area contributed by atoms with E-state index < -0.39 is 0 Å². The van der Waals surface area contributed by atoms with Crippen LogP contribution in [0.25, 0.3) is 0 Å². The van der Waals surface area contributed by atoms with Gasteiger partial charge in [-0.1, -0.05) is 12.1 Å². The van der Waals surface area contributed by atoms with Crippen LogP contribution in [0.1, 0.15) is 49.9 Å². The van der Waals surface area contributed by atoms with Crippen LogP contribution in [0.4, 0.5) is 4.39 Å². The van der Waals surface area contributed by atoms with Gasteiger partial charge in [0.1, 0.15) is 5.82 Å². The van der Waals surface area contributed by atoms with Crippen molar-refractivity contribution in [2.75, 3.05) is 0 Å². The van der Waals surface area contributed by atoms with E-state index >= 15 is 0 Å². The average Bonchev–Trinajstić information content (AvgIpc) is 2.46. The molecule has 0 heterocycles. The van der Waals surface area contributed by atoms with E-state index in [1.165, 1.54) is 33.9 Å². The first-order chi connectivity index (χ1) is 9.75. The third-order valence-electron chi connectivity index (χ3n) is 4.79. The molecule has 0 fully saturated rings. The van der Waals surface area contributed by atoms with E-state index in [9.17, 15) is 4.39 Å². The molecule has 0 aliphatic heterocycles. The summed E-state index contributed by atoms with van der Waals surface area (Å²) in [4.78, 5) is 0. The molecule has 2 heteroatoms. The van der Waals surface area contributed by atoms with Crippen LogP contribution < -0.4 is 0 Å². The smallest absolute Gasteiger partial charge is 0.126 e. The second-order valence-corrected chi connectivity index (χ2v) is 6.35. The second-order valence-electron chi connectivity index (χ2n) is 5.91. The van der Waals surface area contributed by atoms with E-state index in [0.717, 1.165) is 11.1 Å². The number of hydrogen-bond donors (Lipinski definition) is 0. The minimum absolute atomic E-state index is 0.188. The van der Waals surface area contributed by atoms with Crippen molar-refractivity contribution in [3.8, 4) is 0 Å². The lowest BCUT2D eigenvalue weighted by molar-refractivity contribution is 0.617. The van der Waals surface area contributed by atoms with Crippen LogP contribution in [0.5, 0.6) is 0 Å². The summed E-state index contributed by atoms with van der Waals surface area (Å²) in [6.45, 7) is 12.4. The standard InChI is InChI=1S/C19H22ClF/c1-10-9-16(7-8-17(10)21)19(20)18-14(5)12(3)11(2)13(4)15(18)6/h7-9,19H,1-6H3. The van der Waals surface area contributed by atoms with Crippen molar-refractivity contribution in [1.29, 1.82) is 0 Å². The van der Waals surface area contributed by atoms with Gasteiger partial charge in [0.25, 0.3) is 0 Å². The number of halogens is 2. The zero-order valence-electron chi connectivity index (χ0n) is 13.6. The van der Waals surface area contributed by atoms with Gasteiger partial charge < -0.3 is 0 Å². The lowest BCUT2D eigenvalue weighted by Gasteiger charge is -2.22. The van der Waals surface area contributed by atoms with Crippen LogP contribution in [-0.4, -0.2) is 0 Å². The highest BCUT2D eigenvalue weighted by Crippen LogP contribution is 2.37. The summed E-state index contributed by atoms with van der Waals surface area (Å²) >= 11 is 6.74. The molecule has 0 aromatic heterocycles. The van der Waals surface area contributed by atoms with Crippen LogP contribution in [0.2, 0.25) is 0 Å². The normalized spacial score (nSPS) is 12.6. The maximum absolute atomic E-state index is 13.5. The van der Waals surface area contributed by atoms with Crippen molar-refractivity contribution in [3.05, 3.63) is 68.5 Å². The van der Waals surface area contributed by atoms with E-state index in [2.05, 4.69) is 34.6 Å². The molecule has 0 saturated heterocycles. The number of hydrogen-bond acceptors (Lipinski definition) is 0. The quantitative estimate of drug-likeness (QED) is 0.596. The van der Waals surface area contributed by atoms with E-state index in [0.29, 0.717) is 5.56 Å². The molecule has 0 nitrogen and oxygen atoms in total. The maximum Gasteiger partial charge on any atom is 0.126 e. The highest BCUT2D eigenvalue weighted by molar-refractivity contribution is 6.22. The monoisotopic (exact) mass is 304 g/mol. The Hall–Kier alpha value is -1.34. The van der Waals surface area contributed by atoms with Gasteiger partial charge in [0.2, 0.25) is 0 Å². The van der Waals surface area contributed by atoms with Crippen molar-refractivity contribution >= 4 is 11.6 Å². The molecule has 1 unspecified atom stereocenters. The summed E-state index contributed by atoms with van der Waals surface area (Å²) in [6.07, 6.45) is 0. The van der Waals surface area contributed by atoms with Crippen LogP contribution in [-0.2, 0) is 0 Å². The maximum atomic E-state index is 13.5. The Balaban J connectivity index is 2.63. The topological polar surface area (TPSA) is 0 Å². The number of aryl methyl sites for hydroxylation is 1. The molecule has 0 spiro atoms. The van der Waals surface area contributed by atoms with Gasteiger partial charge in [-0.15, -0.1) is 11.6 Å². The first-order valence-corrected chi connectivity index (χ1v) is 7.66. The Morgan fingerprint density at radius 1 is 0.810 bits per heavy atom. The Morgan fingerprint density at radius 2 is 1.29 bits per heavy atom. The summed E-state index contributed by atoms with van der Waals surface area (Å²) in [7, 11) is 0. The first-order valence-electron chi connectivity index (χ1n) is 7.22. The molecule has 0 saturated carbocycles. The highest BCUT2D eigenvalue weighted by Gasteiger charge is 2.20. The average molecular weight is 305 g/mol. The van der Waals surface area contributed by atoms with E-state index in [-0.39, 0.29) is 11.2 Å². The number of benzene rings is 2. The van der Waals surface area contributed by atoms with Crippen molar-refractivity contribution in [1.82, 2.24) is 0 Å². The van der Waals surface area contributed by atoms with Gasteiger partial charge in [-0.05, 0) is 92.1 Å². The van der Waals surface area contributed by atoms with Crippen LogP contribution in [0.3, 0.4) is 0 Å². The SMILES string of the molecule is Cc1cc(C(Cl)c2c(C)c(C)c(C)c(C)c2C)ccc1F. The van der Waals surface area contributed by atoms with Gasteiger partial charge in [0, 0.05) is 0 Å². The van der Waals surface area contributed by atoms with Gasteiger partial charge in [-0.3, -0.25) is 0 Å². The molecule has 1 atom stereocenters. The van der Waals surface area contributed by atoms with Crippen molar-refractivity contribution in [2.45, 2.75) is 46.9 Å². The Morgan fingerprint density at radius 3 is 1.76 bits per heavy atom. The van der Waals surface area contributed by atoms with Crippen molar-refractivity contribution in [2.24, 2.45) is 0 Å². The molecule has 2 aromatic carbocycles. The molecular formula is C19H22ClF. The predicted molar refractivity (Wildman–Crippen MR) is 89.0 cm³/mol. The lowest BCUT2D eigenvalue weighted by atomic mass is 9.86. The summed E-state index contributed by atoms with van der Waals surface area (Å²) in [5.41, 5.74) is 9.11. The predicted octanol–water partition coefficient (Wildman–Crippen LogP) is 6.00. The lowest BCUT2D eigenvalue weighted by Crippen LogP contribution is -2.06. The van der Waals surface area contributed by atoms with Crippen LogP contribution in [0.15, 0.2) is 18.2 Å². The fraction of sp³-hybridized carbons (Fsp3) is 0.368. The van der Waals surface area contributed by atoms with Crippen LogP contribution >= 0.6 is 11.6 Å². The molecule has 0 aliphatic rings. The van der Waals surface area contributed by atoms with E-state index in [1.54, 1.807) is 13.0 Å². The first kappa shape index (κ1) is 16.0. The van der Waals surface area contributed by atoms with Gasteiger partial charge >= 0.3 is 0 Å². The molecule has 21 heavy (non-hydrogen) atoms. The molecule has 2 aromatic rings. The third kappa shape index (κ3) is 2.72. The fourth-order valence-corrected chi connectivity index (χ4v) is 3.36. The Bertz CT molecular complexity index is 672. The number of rotatable bonds is 2. The molecule has 0 aliphatic carbocycles. The van der Waals surface area contributed by atoms with Crippen molar-refractivity contribution < 1.29 is 4.39 Å². The Kier molecular flexibility index (Phi) is 4.43. The summed E-state index contributed by atoms with van der Waals surface area (Å²) < 4.78 is 13.5. The number of alkyl halides is 1. The zero-order chi connectivity index (χ0) is 15.9. The molecule has 0 amide bonds. The zero-order valence-corrected chi connectivity index (χ0v) is 14.3. The van der Waals surface area contributed by atoms with Gasteiger partial charge in [-0.2, -0.15) is 0 Å². The molecule has 0 N–H and O–H groups in total. The fourth-order valence-electron chi connectivity index (χ4n) is 2.90. The highest BCUT2D eigenvalue weighted by atomic mass is 35.5. The third-order valence-corrected chi connectivity index (χ3v) is 5.26. The molecule has 112 valence electrons. The summed E-state index contributed by atoms with van der Waals surface area (Å²) in [5, 5.41) is -0.248. The molecular weight excluding hydrogens is 283 g/mol. The minimum Gasteiger partial charge on any atom is -0.207 e. The molecule has 0 bridgehead atoms. The summed E-state index contributed by atoms with van der Waals surface area (Å²) in [6, 6.07) is 5.12.